The second kappa shape index (κ2) is 8.16. The van der Waals surface area contributed by atoms with Gasteiger partial charge in [-0.15, -0.1) is 0 Å². The third-order valence-corrected chi connectivity index (χ3v) is 6.69. The molecule has 0 radical (unpaired) electrons. The molecule has 2 aromatic rings. The molecule has 1 amide bonds. The van der Waals surface area contributed by atoms with E-state index in [1.54, 1.807) is 12.3 Å². The third-order valence-electron chi connectivity index (χ3n) is 6.69. The van der Waals surface area contributed by atoms with Gasteiger partial charge >= 0.3 is 0 Å². The number of amides is 1. The van der Waals surface area contributed by atoms with Gasteiger partial charge in [-0.1, -0.05) is 6.07 Å². The van der Waals surface area contributed by atoms with Gasteiger partial charge in [-0.05, 0) is 30.5 Å². The van der Waals surface area contributed by atoms with E-state index in [1.807, 2.05) is 16.7 Å². The van der Waals surface area contributed by atoms with Gasteiger partial charge in [0, 0.05) is 75.6 Å². The van der Waals surface area contributed by atoms with Crippen LogP contribution in [0.25, 0.3) is 0 Å². The minimum absolute atomic E-state index is 0.0782. The average molecular weight is 419 g/mol. The minimum atomic E-state index is 0.0782. The van der Waals surface area contributed by atoms with Crippen LogP contribution in [0.1, 0.15) is 35.6 Å². The number of fused-ring (bicyclic) bond motifs is 4. The number of nitriles is 1. The van der Waals surface area contributed by atoms with E-state index < -0.39 is 0 Å². The first-order chi connectivity index (χ1) is 15.1. The molecule has 0 aliphatic carbocycles. The summed E-state index contributed by atoms with van der Waals surface area (Å²) in [6.07, 6.45) is 3.27. The Morgan fingerprint density at radius 3 is 2.94 bits per heavy atom. The van der Waals surface area contributed by atoms with E-state index >= 15 is 0 Å². The summed E-state index contributed by atoms with van der Waals surface area (Å²) in [5, 5.41) is 12.3. The van der Waals surface area contributed by atoms with E-state index in [0.717, 1.165) is 43.1 Å². The van der Waals surface area contributed by atoms with E-state index in [-0.39, 0.29) is 17.4 Å². The van der Waals surface area contributed by atoms with Gasteiger partial charge < -0.3 is 14.8 Å². The van der Waals surface area contributed by atoms with Crippen LogP contribution in [0.5, 0.6) is 0 Å². The van der Waals surface area contributed by atoms with E-state index in [0.29, 0.717) is 44.1 Å². The van der Waals surface area contributed by atoms with Gasteiger partial charge in [-0.2, -0.15) is 5.26 Å². The van der Waals surface area contributed by atoms with Crippen LogP contribution in [-0.2, 0) is 17.9 Å². The predicted molar refractivity (Wildman–Crippen MR) is 116 cm³/mol. The van der Waals surface area contributed by atoms with Gasteiger partial charge in [0.05, 0.1) is 5.56 Å². The molecule has 8 nitrogen and oxygen atoms in total. The molecule has 2 fully saturated rings. The van der Waals surface area contributed by atoms with Crippen molar-refractivity contribution in [2.45, 2.75) is 31.8 Å². The Hall–Kier alpha value is -3.18. The fourth-order valence-electron chi connectivity index (χ4n) is 5.23. The molecule has 1 N–H and O–H groups in total. The number of carbonyl (C=O) groups excluding carboxylic acids is 1. The van der Waals surface area contributed by atoms with Crippen molar-refractivity contribution in [2.24, 2.45) is 5.92 Å². The van der Waals surface area contributed by atoms with Crippen LogP contribution in [-0.4, -0.2) is 53.1 Å². The van der Waals surface area contributed by atoms with E-state index in [4.69, 9.17) is 0 Å². The molecule has 3 aliphatic heterocycles. The molecule has 2 atom stereocenters. The molecule has 0 spiro atoms. The molecule has 160 valence electrons. The number of anilines is 1. The van der Waals surface area contributed by atoms with Crippen LogP contribution in [0.15, 0.2) is 35.3 Å². The van der Waals surface area contributed by atoms with Crippen molar-refractivity contribution in [3.05, 3.63) is 57.6 Å². The molecule has 0 aromatic carbocycles. The fourth-order valence-corrected chi connectivity index (χ4v) is 5.23. The molecule has 2 saturated heterocycles. The van der Waals surface area contributed by atoms with Crippen molar-refractivity contribution in [2.75, 3.05) is 37.6 Å². The highest BCUT2D eigenvalue weighted by atomic mass is 16.1. The highest BCUT2D eigenvalue weighted by Crippen LogP contribution is 2.37. The van der Waals surface area contributed by atoms with E-state index in [2.05, 4.69) is 32.2 Å². The van der Waals surface area contributed by atoms with Crippen molar-refractivity contribution < 1.29 is 4.79 Å². The third kappa shape index (κ3) is 3.81. The second-order valence-corrected chi connectivity index (χ2v) is 8.77. The maximum atomic E-state index is 13.3. The lowest BCUT2D eigenvalue weighted by Crippen LogP contribution is -2.48. The number of piperidine rings is 1. The van der Waals surface area contributed by atoms with Gasteiger partial charge in [0.2, 0.25) is 5.91 Å². The number of aromatic nitrogens is 2. The van der Waals surface area contributed by atoms with Crippen molar-refractivity contribution in [3.8, 4) is 6.07 Å². The van der Waals surface area contributed by atoms with Crippen molar-refractivity contribution >= 4 is 11.7 Å². The van der Waals surface area contributed by atoms with Gasteiger partial charge in [0.1, 0.15) is 11.9 Å². The summed E-state index contributed by atoms with van der Waals surface area (Å²) in [5.41, 5.74) is 2.57. The van der Waals surface area contributed by atoms with Gasteiger partial charge in [-0.25, -0.2) is 4.98 Å². The SMILES string of the molecule is N#Cc1cccnc1N1C[C@@H]2C[C@H](C1)c1ccc(CN3CCNC(=O)CC3)c(=O)n1C2. The van der Waals surface area contributed by atoms with E-state index in [9.17, 15) is 14.9 Å². The maximum absolute atomic E-state index is 13.3. The Bertz CT molecular complexity index is 1100. The lowest BCUT2D eigenvalue weighted by molar-refractivity contribution is -0.120. The monoisotopic (exact) mass is 418 g/mol. The number of pyridine rings is 2. The van der Waals surface area contributed by atoms with Gasteiger partial charge in [-0.3, -0.25) is 14.5 Å². The Kier molecular flexibility index (Phi) is 5.20. The van der Waals surface area contributed by atoms with Crippen LogP contribution in [0, 0.1) is 17.2 Å². The summed E-state index contributed by atoms with van der Waals surface area (Å²) >= 11 is 0. The van der Waals surface area contributed by atoms with E-state index in [1.165, 1.54) is 0 Å². The fraction of sp³-hybridized carbons (Fsp3) is 0.478. The Morgan fingerprint density at radius 1 is 1.16 bits per heavy atom. The van der Waals surface area contributed by atoms with Crippen molar-refractivity contribution in [3.63, 3.8) is 0 Å². The summed E-state index contributed by atoms with van der Waals surface area (Å²) in [4.78, 5) is 33.7. The van der Waals surface area contributed by atoms with Crippen molar-refractivity contribution in [1.82, 2.24) is 19.8 Å². The molecule has 3 aliphatic rings. The Morgan fingerprint density at radius 2 is 2.06 bits per heavy atom. The summed E-state index contributed by atoms with van der Waals surface area (Å²) in [6.45, 7) is 4.91. The normalized spacial score (nSPS) is 23.5. The predicted octanol–water partition coefficient (Wildman–Crippen LogP) is 1.06. The first kappa shape index (κ1) is 19.8. The molecule has 0 unspecified atom stereocenters. The topological polar surface area (TPSA) is 94.3 Å². The minimum Gasteiger partial charge on any atom is -0.355 e. The van der Waals surface area contributed by atoms with Crippen LogP contribution in [0.4, 0.5) is 5.82 Å². The zero-order valence-electron chi connectivity index (χ0n) is 17.5. The number of hydrogen-bond acceptors (Lipinski definition) is 6. The lowest BCUT2D eigenvalue weighted by Gasteiger charge is -2.43. The maximum Gasteiger partial charge on any atom is 0.255 e. The zero-order chi connectivity index (χ0) is 21.4. The molecule has 5 rings (SSSR count). The van der Waals surface area contributed by atoms with Crippen LogP contribution < -0.4 is 15.8 Å². The summed E-state index contributed by atoms with van der Waals surface area (Å²) < 4.78 is 1.97. The lowest BCUT2D eigenvalue weighted by atomic mass is 9.83. The largest absolute Gasteiger partial charge is 0.355 e. The van der Waals surface area contributed by atoms with Crippen LogP contribution in [0.3, 0.4) is 0 Å². The Balaban J connectivity index is 1.38. The molecule has 5 heterocycles. The Labute approximate surface area is 181 Å². The number of nitrogens with one attached hydrogen (secondary N) is 1. The number of rotatable bonds is 3. The van der Waals surface area contributed by atoms with Gasteiger partial charge in [0.25, 0.3) is 5.56 Å². The van der Waals surface area contributed by atoms with Gasteiger partial charge in [0.15, 0.2) is 0 Å². The number of carbonyl (C=O) groups is 1. The van der Waals surface area contributed by atoms with Crippen LogP contribution in [0.2, 0.25) is 0 Å². The average Bonchev–Trinajstić information content (AvgIpc) is 2.99. The molecular formula is C23H26N6O2. The van der Waals surface area contributed by atoms with Crippen molar-refractivity contribution in [1.29, 1.82) is 5.26 Å². The smallest absolute Gasteiger partial charge is 0.255 e. The van der Waals surface area contributed by atoms with Crippen LogP contribution >= 0.6 is 0 Å². The molecule has 31 heavy (non-hydrogen) atoms. The quantitative estimate of drug-likeness (QED) is 0.801. The highest BCUT2D eigenvalue weighted by Gasteiger charge is 2.36. The first-order valence-electron chi connectivity index (χ1n) is 10.9. The molecule has 2 aromatic heterocycles. The summed E-state index contributed by atoms with van der Waals surface area (Å²) in [7, 11) is 0. The summed E-state index contributed by atoms with van der Waals surface area (Å²) in [6, 6.07) is 9.92. The second-order valence-electron chi connectivity index (χ2n) is 8.77. The number of nitrogens with zero attached hydrogens (tertiary/aromatic N) is 5. The molecular weight excluding hydrogens is 392 g/mol. The zero-order valence-corrected chi connectivity index (χ0v) is 17.5. The highest BCUT2D eigenvalue weighted by molar-refractivity contribution is 5.76. The molecule has 0 saturated carbocycles. The summed E-state index contributed by atoms with van der Waals surface area (Å²) in [5.74, 6) is 1.43. The molecule has 2 bridgehead atoms. The standard InChI is InChI=1S/C23H26N6O2/c24-11-17-2-1-6-26-22(17)28-12-16-10-19(15-28)20-4-3-18(23(31)29(20)13-16)14-27-8-5-21(30)25-7-9-27/h1-4,6,16,19H,5,7-10,12-15H2,(H,25,30)/t16-,19+/m0/s1. The molecule has 8 heteroatoms. The number of hydrogen-bond donors (Lipinski definition) is 1. The first-order valence-corrected chi connectivity index (χ1v) is 10.9.